The van der Waals surface area contributed by atoms with Gasteiger partial charge in [-0.15, -0.1) is 0 Å². The molecular weight excluding hydrogens is 450 g/mol. The number of carbonyl (C=O) groups is 1. The van der Waals surface area contributed by atoms with E-state index in [0.717, 1.165) is 36.1 Å². The molecule has 3 heterocycles. The molecular formula is C29H31N5O2. The lowest BCUT2D eigenvalue weighted by atomic mass is 9.96. The van der Waals surface area contributed by atoms with Gasteiger partial charge in [-0.25, -0.2) is 9.97 Å². The molecule has 0 radical (unpaired) electrons. The van der Waals surface area contributed by atoms with Gasteiger partial charge in [0.25, 0.3) is 5.56 Å². The summed E-state index contributed by atoms with van der Waals surface area (Å²) in [5.74, 6) is 0.150. The Bertz CT molecular complexity index is 1440. The Balaban J connectivity index is 1.44. The van der Waals surface area contributed by atoms with Crippen molar-refractivity contribution in [1.82, 2.24) is 14.5 Å². The van der Waals surface area contributed by atoms with Crippen LogP contribution in [0.5, 0.6) is 0 Å². The summed E-state index contributed by atoms with van der Waals surface area (Å²) >= 11 is 0. The average molecular weight is 482 g/mol. The van der Waals surface area contributed by atoms with Crippen molar-refractivity contribution >= 4 is 28.6 Å². The lowest BCUT2D eigenvalue weighted by molar-refractivity contribution is -0.120. The van der Waals surface area contributed by atoms with E-state index in [2.05, 4.69) is 17.2 Å². The molecule has 4 aromatic rings. The molecule has 0 unspecified atom stereocenters. The van der Waals surface area contributed by atoms with Crippen molar-refractivity contribution in [2.24, 2.45) is 5.92 Å². The van der Waals surface area contributed by atoms with E-state index in [4.69, 9.17) is 4.98 Å². The minimum absolute atomic E-state index is 0.0111. The Morgan fingerprint density at radius 3 is 2.69 bits per heavy atom. The van der Waals surface area contributed by atoms with E-state index >= 15 is 0 Å². The van der Waals surface area contributed by atoms with E-state index < -0.39 is 0 Å². The number of hydrogen-bond acceptors (Lipinski definition) is 5. The number of hydrogen-bond donors (Lipinski definition) is 1. The minimum atomic E-state index is -0.222. The number of aryl methyl sites for hydroxylation is 2. The summed E-state index contributed by atoms with van der Waals surface area (Å²) in [5.41, 5.74) is 5.22. The Hall–Kier alpha value is -4.00. The van der Waals surface area contributed by atoms with Gasteiger partial charge in [-0.2, -0.15) is 0 Å². The summed E-state index contributed by atoms with van der Waals surface area (Å²) in [6, 6.07) is 19.8. The second kappa shape index (κ2) is 10.3. The summed E-state index contributed by atoms with van der Waals surface area (Å²) in [4.78, 5) is 38.1. The number of nitrogens with one attached hydrogen (secondary N) is 1. The first kappa shape index (κ1) is 23.7. The molecule has 1 aliphatic rings. The van der Waals surface area contributed by atoms with Crippen LogP contribution in [0, 0.1) is 12.8 Å². The highest BCUT2D eigenvalue weighted by Crippen LogP contribution is 2.24. The number of carbonyl (C=O) groups excluding carboxylic acids is 1. The van der Waals surface area contributed by atoms with Crippen LogP contribution < -0.4 is 15.8 Å². The van der Waals surface area contributed by atoms with Crippen molar-refractivity contribution < 1.29 is 4.79 Å². The van der Waals surface area contributed by atoms with E-state index in [1.165, 1.54) is 5.56 Å². The molecule has 0 bridgehead atoms. The van der Waals surface area contributed by atoms with Gasteiger partial charge in [0.05, 0.1) is 12.5 Å². The van der Waals surface area contributed by atoms with Crippen LogP contribution in [0.4, 0.5) is 11.5 Å². The fourth-order valence-electron chi connectivity index (χ4n) is 4.86. The normalized spacial score (nSPS) is 15.7. The van der Waals surface area contributed by atoms with Crippen molar-refractivity contribution in [1.29, 1.82) is 0 Å². The number of pyridine rings is 1. The third-order valence-electron chi connectivity index (χ3n) is 6.89. The highest BCUT2D eigenvalue weighted by atomic mass is 16.2. The van der Waals surface area contributed by atoms with Crippen molar-refractivity contribution in [3.63, 3.8) is 0 Å². The number of para-hydroxylation sites is 1. The van der Waals surface area contributed by atoms with Gasteiger partial charge in [0.2, 0.25) is 5.91 Å². The quantitative estimate of drug-likeness (QED) is 0.437. The molecule has 0 saturated carbocycles. The molecule has 1 atom stereocenters. The first-order valence-corrected chi connectivity index (χ1v) is 12.6. The lowest BCUT2D eigenvalue weighted by Crippen LogP contribution is -2.44. The van der Waals surface area contributed by atoms with Crippen molar-refractivity contribution in [2.45, 2.75) is 39.7 Å². The molecule has 7 heteroatoms. The molecule has 1 amide bonds. The van der Waals surface area contributed by atoms with E-state index in [1.54, 1.807) is 10.8 Å². The monoisotopic (exact) mass is 481 g/mol. The highest BCUT2D eigenvalue weighted by Gasteiger charge is 2.29. The predicted molar refractivity (Wildman–Crippen MR) is 143 cm³/mol. The van der Waals surface area contributed by atoms with E-state index in [-0.39, 0.29) is 17.4 Å². The maximum atomic E-state index is 13.7. The standard InChI is InChI=1S/C29H31N5O2/c1-3-22-8-4-5-10-24(22)32-28(35)23-9-7-17-33(19-23)27-29(36)34(18-21-14-12-20(2)13-15-21)26-25(31-27)11-6-16-30-26/h4-6,8,10-16,23H,3,7,9,17-19H2,1-2H3,(H,32,35)/t23-/m0/s1. The molecule has 1 saturated heterocycles. The number of aromatic nitrogens is 3. The molecule has 5 rings (SSSR count). The minimum Gasteiger partial charge on any atom is -0.351 e. The number of rotatable bonds is 6. The fourth-order valence-corrected chi connectivity index (χ4v) is 4.86. The number of nitrogens with zero attached hydrogens (tertiary/aromatic N) is 4. The number of fused-ring (bicyclic) bond motifs is 1. The van der Waals surface area contributed by atoms with Gasteiger partial charge in [0.15, 0.2) is 11.5 Å². The number of anilines is 2. The van der Waals surface area contributed by atoms with Crippen LogP contribution in [0.3, 0.4) is 0 Å². The Kier molecular flexibility index (Phi) is 6.80. The van der Waals surface area contributed by atoms with Crippen LogP contribution in [0.1, 0.15) is 36.5 Å². The number of amides is 1. The number of piperidine rings is 1. The number of benzene rings is 2. The molecule has 0 aliphatic carbocycles. The van der Waals surface area contributed by atoms with Crippen molar-refractivity contribution in [3.8, 4) is 0 Å². The second-order valence-electron chi connectivity index (χ2n) is 9.44. The predicted octanol–water partition coefficient (Wildman–Crippen LogP) is 4.57. The molecule has 7 nitrogen and oxygen atoms in total. The zero-order chi connectivity index (χ0) is 25.1. The molecule has 1 aliphatic heterocycles. The van der Waals surface area contributed by atoms with Gasteiger partial charge in [-0.1, -0.05) is 55.0 Å². The summed E-state index contributed by atoms with van der Waals surface area (Å²) in [6.45, 7) is 5.68. The first-order valence-electron chi connectivity index (χ1n) is 12.6. The third-order valence-corrected chi connectivity index (χ3v) is 6.89. The maximum Gasteiger partial charge on any atom is 0.295 e. The molecule has 1 fully saturated rings. The van der Waals surface area contributed by atoms with Crippen LogP contribution in [0.25, 0.3) is 11.2 Å². The topological polar surface area (TPSA) is 80.1 Å². The first-order chi connectivity index (χ1) is 17.5. The van der Waals surface area contributed by atoms with Gasteiger partial charge in [-0.05, 0) is 55.5 Å². The maximum absolute atomic E-state index is 13.7. The molecule has 36 heavy (non-hydrogen) atoms. The van der Waals surface area contributed by atoms with Crippen LogP contribution in [-0.4, -0.2) is 33.5 Å². The molecule has 1 N–H and O–H groups in total. The summed E-state index contributed by atoms with van der Waals surface area (Å²) < 4.78 is 1.70. The van der Waals surface area contributed by atoms with Crippen molar-refractivity contribution in [2.75, 3.05) is 23.3 Å². The van der Waals surface area contributed by atoms with Crippen LogP contribution in [0.15, 0.2) is 71.7 Å². The lowest BCUT2D eigenvalue weighted by Gasteiger charge is -2.33. The summed E-state index contributed by atoms with van der Waals surface area (Å²) in [7, 11) is 0. The van der Waals surface area contributed by atoms with E-state index in [1.807, 2.05) is 72.5 Å². The average Bonchev–Trinajstić information content (AvgIpc) is 2.91. The highest BCUT2D eigenvalue weighted by molar-refractivity contribution is 5.93. The Morgan fingerprint density at radius 1 is 1.08 bits per heavy atom. The van der Waals surface area contributed by atoms with Gasteiger partial charge in [0, 0.05) is 25.0 Å². The van der Waals surface area contributed by atoms with Gasteiger partial charge in [0.1, 0.15) is 5.52 Å². The molecule has 0 spiro atoms. The molecule has 2 aromatic heterocycles. The van der Waals surface area contributed by atoms with Crippen molar-refractivity contribution in [3.05, 3.63) is 93.9 Å². The largest absolute Gasteiger partial charge is 0.351 e. The molecule has 184 valence electrons. The zero-order valence-electron chi connectivity index (χ0n) is 20.8. The van der Waals surface area contributed by atoms with Crippen LogP contribution in [0.2, 0.25) is 0 Å². The third kappa shape index (κ3) is 4.87. The SMILES string of the molecule is CCc1ccccc1NC(=O)[C@H]1CCCN(c2nc3cccnc3n(Cc3ccc(C)cc3)c2=O)C1. The van der Waals surface area contributed by atoms with E-state index in [9.17, 15) is 9.59 Å². The smallest absolute Gasteiger partial charge is 0.295 e. The van der Waals surface area contributed by atoms with E-state index in [0.29, 0.717) is 36.6 Å². The second-order valence-corrected chi connectivity index (χ2v) is 9.44. The zero-order valence-corrected chi connectivity index (χ0v) is 20.8. The van der Waals surface area contributed by atoms with Gasteiger partial charge < -0.3 is 10.2 Å². The Labute approximate surface area is 210 Å². The van der Waals surface area contributed by atoms with Crippen LogP contribution in [-0.2, 0) is 17.8 Å². The van der Waals surface area contributed by atoms with Gasteiger partial charge >= 0.3 is 0 Å². The summed E-state index contributed by atoms with van der Waals surface area (Å²) in [6.07, 6.45) is 4.13. The Morgan fingerprint density at radius 2 is 1.89 bits per heavy atom. The van der Waals surface area contributed by atoms with Gasteiger partial charge in [-0.3, -0.25) is 14.2 Å². The van der Waals surface area contributed by atoms with Crippen LogP contribution >= 0.6 is 0 Å². The molecule has 2 aromatic carbocycles. The summed E-state index contributed by atoms with van der Waals surface area (Å²) in [5, 5.41) is 3.12. The fraction of sp³-hybridized carbons (Fsp3) is 0.310.